The summed E-state index contributed by atoms with van der Waals surface area (Å²) in [5, 5.41) is 21.0. The number of nitrogens with zero attached hydrogens (tertiary/aromatic N) is 4. The summed E-state index contributed by atoms with van der Waals surface area (Å²) >= 11 is 20.5. The summed E-state index contributed by atoms with van der Waals surface area (Å²) in [4.78, 5) is 11.2. The van der Waals surface area contributed by atoms with Crippen LogP contribution in [-0.4, -0.2) is 26.2 Å². The van der Waals surface area contributed by atoms with Crippen LogP contribution in [0.5, 0.6) is 5.75 Å². The van der Waals surface area contributed by atoms with Gasteiger partial charge in [0.15, 0.2) is 10.9 Å². The Morgan fingerprint density at radius 1 is 1.00 bits per heavy atom. The Morgan fingerprint density at radius 2 is 1.67 bits per heavy atom. The molecule has 1 atom stereocenters. The van der Waals surface area contributed by atoms with Gasteiger partial charge in [-0.15, -0.1) is 10.2 Å². The van der Waals surface area contributed by atoms with E-state index >= 15 is 0 Å². The number of halogens is 3. The van der Waals surface area contributed by atoms with Gasteiger partial charge in [-0.3, -0.25) is 14.7 Å². The van der Waals surface area contributed by atoms with E-state index in [1.165, 1.54) is 11.8 Å². The smallest absolute Gasteiger partial charge is 0.220 e. The van der Waals surface area contributed by atoms with Gasteiger partial charge in [0, 0.05) is 21.2 Å². The van der Waals surface area contributed by atoms with Crippen LogP contribution in [0.1, 0.15) is 27.8 Å². The van der Waals surface area contributed by atoms with Crippen molar-refractivity contribution in [2.75, 3.05) is 6.54 Å². The van der Waals surface area contributed by atoms with Crippen molar-refractivity contribution in [1.82, 2.24) is 14.8 Å². The number of hydrogen-bond donors (Lipinski definition) is 0. The number of nitro groups is 1. The van der Waals surface area contributed by atoms with Crippen molar-refractivity contribution in [2.45, 2.75) is 30.9 Å². The van der Waals surface area contributed by atoms with E-state index in [-0.39, 0.29) is 33.9 Å². The van der Waals surface area contributed by atoms with E-state index in [2.05, 4.69) is 10.2 Å². The van der Waals surface area contributed by atoms with Crippen molar-refractivity contribution in [3.63, 3.8) is 0 Å². The van der Waals surface area contributed by atoms with Gasteiger partial charge in [0.25, 0.3) is 0 Å². The Balaban J connectivity index is 1.62. The second kappa shape index (κ2) is 11.5. The van der Waals surface area contributed by atoms with Crippen LogP contribution < -0.4 is 4.74 Å². The molecule has 0 N–H and O–H groups in total. The molecule has 0 aliphatic heterocycles. The first kappa shape index (κ1) is 26.3. The highest BCUT2D eigenvalue weighted by Crippen LogP contribution is 2.42. The Bertz CT molecular complexity index is 1370. The molecule has 0 saturated carbocycles. The van der Waals surface area contributed by atoms with Gasteiger partial charge >= 0.3 is 0 Å². The fraction of sp³-hybridized carbons (Fsp3) is 0.200. The zero-order valence-corrected chi connectivity index (χ0v) is 22.4. The van der Waals surface area contributed by atoms with Gasteiger partial charge in [-0.1, -0.05) is 82.5 Å². The first-order valence-corrected chi connectivity index (χ1v) is 12.9. The Morgan fingerprint density at radius 3 is 2.31 bits per heavy atom. The molecule has 0 fully saturated rings. The van der Waals surface area contributed by atoms with Crippen LogP contribution in [0.15, 0.2) is 65.8 Å². The number of thioether (sulfide) groups is 1. The highest BCUT2D eigenvalue weighted by atomic mass is 35.5. The van der Waals surface area contributed by atoms with Crippen LogP contribution in [0.2, 0.25) is 15.1 Å². The fourth-order valence-electron chi connectivity index (χ4n) is 3.55. The molecule has 4 aromatic rings. The summed E-state index contributed by atoms with van der Waals surface area (Å²) in [5.41, 5.74) is 3.34. The van der Waals surface area contributed by atoms with Crippen LogP contribution in [0.3, 0.4) is 0 Å². The topological polar surface area (TPSA) is 83.1 Å². The molecular weight excluding hydrogens is 543 g/mol. The molecular formula is C25H21Cl3N4O3S. The lowest BCUT2D eigenvalue weighted by molar-refractivity contribution is -0.479. The molecule has 0 spiro atoms. The van der Waals surface area contributed by atoms with Gasteiger partial charge in [0.05, 0.1) is 10.0 Å². The Labute approximate surface area is 227 Å². The highest BCUT2D eigenvalue weighted by Gasteiger charge is 2.26. The molecule has 0 radical (unpaired) electrons. The second-order valence-electron chi connectivity index (χ2n) is 8.02. The van der Waals surface area contributed by atoms with E-state index in [0.29, 0.717) is 21.6 Å². The first-order valence-electron chi connectivity index (χ1n) is 10.9. The Kier molecular flexibility index (Phi) is 8.41. The largest absolute Gasteiger partial charge is 0.486 e. The third kappa shape index (κ3) is 6.13. The van der Waals surface area contributed by atoms with Crippen molar-refractivity contribution in [2.24, 2.45) is 0 Å². The van der Waals surface area contributed by atoms with E-state index in [1.54, 1.807) is 18.2 Å². The number of rotatable bonds is 9. The zero-order valence-electron chi connectivity index (χ0n) is 19.3. The minimum absolute atomic E-state index is 0.171. The minimum Gasteiger partial charge on any atom is -0.486 e. The predicted octanol–water partition coefficient (Wildman–Crippen LogP) is 7.53. The first-order chi connectivity index (χ1) is 17.2. The number of aryl methyl sites for hydroxylation is 2. The maximum absolute atomic E-state index is 11.5. The van der Waals surface area contributed by atoms with Gasteiger partial charge in [-0.05, 0) is 49.7 Å². The average Bonchev–Trinajstić information content (AvgIpc) is 3.19. The molecule has 3 aromatic carbocycles. The van der Waals surface area contributed by atoms with Gasteiger partial charge in [-0.2, -0.15) is 0 Å². The molecule has 11 heteroatoms. The average molecular weight is 564 g/mol. The standard InChI is InChI=1S/C25H21Cl3N4O3S/c1-15-7-9-19(10-8-15)32-16(2)29-30-25(32)36-23(13-31(33)34)18-11-21(27)24(22(28)12-18)35-14-17-5-3-4-6-20(17)26/h3-12,23H,13-14H2,1-2H3/t23-/m0/s1. The summed E-state index contributed by atoms with van der Waals surface area (Å²) in [7, 11) is 0. The normalized spacial score (nSPS) is 11.9. The quantitative estimate of drug-likeness (QED) is 0.119. The van der Waals surface area contributed by atoms with E-state index in [1.807, 2.05) is 60.9 Å². The van der Waals surface area contributed by atoms with Gasteiger partial charge in [-0.25, -0.2) is 0 Å². The summed E-state index contributed by atoms with van der Waals surface area (Å²) in [6, 6.07) is 18.4. The van der Waals surface area contributed by atoms with Gasteiger partial charge in [0.2, 0.25) is 6.54 Å². The molecule has 1 heterocycles. The molecule has 1 aromatic heterocycles. The van der Waals surface area contributed by atoms with E-state index in [0.717, 1.165) is 16.8 Å². The van der Waals surface area contributed by atoms with Crippen molar-refractivity contribution < 1.29 is 9.66 Å². The van der Waals surface area contributed by atoms with Crippen molar-refractivity contribution in [3.8, 4) is 11.4 Å². The van der Waals surface area contributed by atoms with E-state index < -0.39 is 5.25 Å². The van der Waals surface area contributed by atoms with Crippen molar-refractivity contribution in [3.05, 3.63) is 108 Å². The summed E-state index contributed by atoms with van der Waals surface area (Å²) in [6.07, 6.45) is 0. The third-order valence-corrected chi connectivity index (χ3v) is 7.48. The maximum atomic E-state index is 11.5. The maximum Gasteiger partial charge on any atom is 0.220 e. The molecule has 0 unspecified atom stereocenters. The Hall–Kier alpha value is -2.78. The highest BCUT2D eigenvalue weighted by molar-refractivity contribution is 7.99. The van der Waals surface area contributed by atoms with Crippen LogP contribution in [-0.2, 0) is 6.61 Å². The molecule has 4 rings (SSSR count). The molecule has 7 nitrogen and oxygen atoms in total. The molecule has 0 aliphatic carbocycles. The lowest BCUT2D eigenvalue weighted by atomic mass is 10.1. The van der Waals surface area contributed by atoms with E-state index in [4.69, 9.17) is 39.5 Å². The summed E-state index contributed by atoms with van der Waals surface area (Å²) in [6.45, 7) is 3.64. The van der Waals surface area contributed by atoms with Crippen LogP contribution >= 0.6 is 46.6 Å². The lowest BCUT2D eigenvalue weighted by Crippen LogP contribution is -2.11. The van der Waals surface area contributed by atoms with E-state index in [9.17, 15) is 10.1 Å². The minimum atomic E-state index is -0.625. The molecule has 186 valence electrons. The van der Waals surface area contributed by atoms with Gasteiger partial charge < -0.3 is 4.74 Å². The number of aromatic nitrogens is 3. The molecule has 0 aliphatic rings. The van der Waals surface area contributed by atoms with Crippen LogP contribution in [0.25, 0.3) is 5.69 Å². The monoisotopic (exact) mass is 562 g/mol. The molecule has 0 amide bonds. The second-order valence-corrected chi connectivity index (χ2v) is 10.4. The lowest BCUT2D eigenvalue weighted by Gasteiger charge is -2.17. The zero-order chi connectivity index (χ0) is 25.8. The van der Waals surface area contributed by atoms with Crippen molar-refractivity contribution >= 4 is 46.6 Å². The molecule has 36 heavy (non-hydrogen) atoms. The SMILES string of the molecule is Cc1ccc(-n2c(C)nnc2S[C@@H](C[N+](=O)[O-])c2cc(Cl)c(OCc3ccccc3Cl)c(Cl)c2)cc1. The summed E-state index contributed by atoms with van der Waals surface area (Å²) in [5.74, 6) is 0.950. The number of ether oxygens (including phenoxy) is 1. The molecule has 0 bridgehead atoms. The number of hydrogen-bond acceptors (Lipinski definition) is 6. The predicted molar refractivity (Wildman–Crippen MR) is 144 cm³/mol. The molecule has 0 saturated heterocycles. The third-order valence-electron chi connectivity index (χ3n) is 5.37. The van der Waals surface area contributed by atoms with Crippen LogP contribution in [0.4, 0.5) is 0 Å². The van der Waals surface area contributed by atoms with Gasteiger partial charge in [0.1, 0.15) is 17.7 Å². The fourth-order valence-corrected chi connectivity index (χ4v) is 5.51. The summed E-state index contributed by atoms with van der Waals surface area (Å²) < 4.78 is 7.71. The van der Waals surface area contributed by atoms with Crippen LogP contribution in [0, 0.1) is 24.0 Å². The number of benzene rings is 3. The van der Waals surface area contributed by atoms with Crippen molar-refractivity contribution in [1.29, 1.82) is 0 Å².